The van der Waals surface area contributed by atoms with Gasteiger partial charge in [-0.1, -0.05) is 34.6 Å². The van der Waals surface area contributed by atoms with Crippen molar-refractivity contribution in [3.8, 4) is 0 Å². The van der Waals surface area contributed by atoms with Gasteiger partial charge in [0, 0.05) is 34.9 Å². The molecule has 0 aromatic rings. The van der Waals surface area contributed by atoms with Crippen LogP contribution in [0.2, 0.25) is 0 Å². The fourth-order valence-corrected chi connectivity index (χ4v) is 4.74. The molecular weight excluding hydrogens is 628 g/mol. The number of aliphatic hydroxyl groups excluding tert-OH is 7. The molecule has 0 aromatic heterocycles. The Hall–Kier alpha value is -0.520. The van der Waals surface area contributed by atoms with Crippen LogP contribution >= 0.6 is 0 Å². The van der Waals surface area contributed by atoms with E-state index in [1.54, 1.807) is 0 Å². The van der Waals surface area contributed by atoms with Crippen molar-refractivity contribution < 1.29 is 64.2 Å². The van der Waals surface area contributed by atoms with Gasteiger partial charge in [-0.05, 0) is 44.9 Å². The number of hydrogen-bond donors (Lipinski definition) is 7. The smallest absolute Gasteiger partial charge is 0.104 e. The zero-order valence-electron chi connectivity index (χ0n) is 30.7. The Labute approximate surface area is 289 Å². The molecular formula is C35H72O13. The van der Waals surface area contributed by atoms with Crippen molar-refractivity contribution in [3.63, 3.8) is 0 Å². The molecule has 0 radical (unpaired) electrons. The predicted octanol–water partition coefficient (Wildman–Crippen LogP) is 1.55. The summed E-state index contributed by atoms with van der Waals surface area (Å²) in [4.78, 5) is 0. The average molecular weight is 701 g/mol. The molecule has 290 valence electrons. The fourth-order valence-electron chi connectivity index (χ4n) is 4.74. The number of ether oxygens (including phenoxy) is 6. The molecule has 13 nitrogen and oxygen atoms in total. The molecule has 0 rings (SSSR count). The van der Waals surface area contributed by atoms with Crippen molar-refractivity contribution in [1.82, 2.24) is 0 Å². The maximum atomic E-state index is 9.90. The van der Waals surface area contributed by atoms with Gasteiger partial charge in [0.05, 0.1) is 99.1 Å². The Morgan fingerprint density at radius 2 is 0.604 bits per heavy atom. The summed E-state index contributed by atoms with van der Waals surface area (Å²) < 4.78 is 35.8. The van der Waals surface area contributed by atoms with E-state index < -0.39 is 22.3 Å². The summed E-state index contributed by atoms with van der Waals surface area (Å²) in [6, 6.07) is 0. The van der Waals surface area contributed by atoms with Gasteiger partial charge in [0.15, 0.2) is 0 Å². The lowest BCUT2D eigenvalue weighted by Gasteiger charge is -2.31. The Bertz CT molecular complexity index is 580. The highest BCUT2D eigenvalue weighted by Gasteiger charge is 2.31. The van der Waals surface area contributed by atoms with Crippen molar-refractivity contribution in [2.24, 2.45) is 21.7 Å². The predicted molar refractivity (Wildman–Crippen MR) is 183 cm³/mol. The molecule has 0 amide bonds. The summed E-state index contributed by atoms with van der Waals surface area (Å²) in [5, 5.41) is 68.4. The lowest BCUT2D eigenvalue weighted by Crippen LogP contribution is -2.38. The van der Waals surface area contributed by atoms with Crippen LogP contribution in [0.3, 0.4) is 0 Å². The first-order valence-corrected chi connectivity index (χ1v) is 17.9. The van der Waals surface area contributed by atoms with E-state index in [0.717, 1.165) is 12.8 Å². The van der Waals surface area contributed by atoms with E-state index in [1.807, 2.05) is 34.6 Å². The maximum Gasteiger partial charge on any atom is 0.104 e. The van der Waals surface area contributed by atoms with Gasteiger partial charge in [-0.3, -0.25) is 0 Å². The third-order valence-corrected chi connectivity index (χ3v) is 10.2. The summed E-state index contributed by atoms with van der Waals surface area (Å²) >= 11 is 0. The third-order valence-electron chi connectivity index (χ3n) is 10.2. The number of unbranched alkanes of at least 4 members (excludes halogenated alkanes) is 1. The quantitative estimate of drug-likeness (QED) is 0.0471. The molecule has 0 aromatic carbocycles. The average Bonchev–Trinajstić information content (AvgIpc) is 3.13. The Balaban J connectivity index is 5.11. The third kappa shape index (κ3) is 17.1. The number of rotatable bonds is 35. The van der Waals surface area contributed by atoms with E-state index in [2.05, 4.69) is 0 Å². The van der Waals surface area contributed by atoms with Crippen LogP contribution in [-0.4, -0.2) is 160 Å². The number of aliphatic hydroxyl groups is 7. The van der Waals surface area contributed by atoms with E-state index in [1.165, 1.54) is 0 Å². The minimum Gasteiger partial charge on any atom is -0.396 e. The summed E-state index contributed by atoms with van der Waals surface area (Å²) in [5.41, 5.74) is -2.50. The molecule has 0 saturated heterocycles. The van der Waals surface area contributed by atoms with Crippen molar-refractivity contribution in [3.05, 3.63) is 0 Å². The SMILES string of the molecule is CCC(CC)(CO)COCC(COCC(CC)(CO)CO)OCCCCOC(COCC(CC)(CO)CO)COCC(CC)(CO)CO. The van der Waals surface area contributed by atoms with Crippen LogP contribution in [-0.2, 0) is 28.4 Å². The normalized spacial score (nSPS) is 13.9. The molecule has 1 atom stereocenters. The van der Waals surface area contributed by atoms with Crippen LogP contribution in [0.25, 0.3) is 0 Å². The van der Waals surface area contributed by atoms with Gasteiger partial charge in [-0.25, -0.2) is 0 Å². The minimum absolute atomic E-state index is 0.0375. The molecule has 0 aliphatic carbocycles. The first kappa shape index (κ1) is 47.5. The molecule has 0 fully saturated rings. The summed E-state index contributed by atoms with van der Waals surface area (Å²) in [7, 11) is 0. The van der Waals surface area contributed by atoms with Crippen molar-refractivity contribution in [2.45, 2.75) is 91.8 Å². The highest BCUT2D eigenvalue weighted by Crippen LogP contribution is 2.26. The summed E-state index contributed by atoms with van der Waals surface area (Å²) in [6.07, 6.45) is 3.77. The molecule has 0 aliphatic rings. The second-order valence-corrected chi connectivity index (χ2v) is 13.6. The lowest BCUT2D eigenvalue weighted by molar-refractivity contribution is -0.107. The van der Waals surface area contributed by atoms with E-state index in [4.69, 9.17) is 28.4 Å². The fraction of sp³-hybridized carbons (Fsp3) is 1.00. The molecule has 1 unspecified atom stereocenters. The molecule has 0 spiro atoms. The molecule has 13 heteroatoms. The standard InChI is InChI=1S/C35H72O13/c1-6-32(7-2,19-36)26-43-15-30(16-44-27-33(8-3,20-37)21-38)47-13-11-12-14-48-31(17-45-28-34(9-4,22-39)23-40)18-46-29-35(10-5,24-41)25-42/h30-31,36-42H,6-29H2,1-5H3. The second kappa shape index (κ2) is 27.2. The zero-order valence-corrected chi connectivity index (χ0v) is 30.7. The largest absolute Gasteiger partial charge is 0.396 e. The zero-order chi connectivity index (χ0) is 36.4. The molecule has 48 heavy (non-hydrogen) atoms. The summed E-state index contributed by atoms with van der Waals surface area (Å²) in [6.45, 7) is 11.2. The van der Waals surface area contributed by atoms with Gasteiger partial charge in [0.2, 0.25) is 0 Å². The molecule has 7 N–H and O–H groups in total. The monoisotopic (exact) mass is 700 g/mol. The van der Waals surface area contributed by atoms with Crippen LogP contribution in [0.4, 0.5) is 0 Å². The van der Waals surface area contributed by atoms with Gasteiger partial charge >= 0.3 is 0 Å². The first-order chi connectivity index (χ1) is 23.1. The van der Waals surface area contributed by atoms with Crippen LogP contribution in [0, 0.1) is 21.7 Å². The van der Waals surface area contributed by atoms with Gasteiger partial charge in [0.25, 0.3) is 0 Å². The van der Waals surface area contributed by atoms with Crippen LogP contribution < -0.4 is 0 Å². The van der Waals surface area contributed by atoms with Crippen molar-refractivity contribution >= 4 is 0 Å². The van der Waals surface area contributed by atoms with Crippen LogP contribution in [0.15, 0.2) is 0 Å². The van der Waals surface area contributed by atoms with Gasteiger partial charge in [-0.15, -0.1) is 0 Å². The molecule has 0 heterocycles. The molecule has 0 bridgehead atoms. The van der Waals surface area contributed by atoms with E-state index in [0.29, 0.717) is 51.9 Å². The highest BCUT2D eigenvalue weighted by molar-refractivity contribution is 4.79. The molecule has 0 aliphatic heterocycles. The van der Waals surface area contributed by atoms with E-state index in [-0.39, 0.29) is 104 Å². The van der Waals surface area contributed by atoms with Gasteiger partial charge < -0.3 is 64.2 Å². The first-order valence-electron chi connectivity index (χ1n) is 17.9. The minimum atomic E-state index is -0.737. The number of hydrogen-bond acceptors (Lipinski definition) is 13. The Kier molecular flexibility index (Phi) is 26.9. The molecule has 0 saturated carbocycles. The van der Waals surface area contributed by atoms with Crippen LogP contribution in [0.5, 0.6) is 0 Å². The highest BCUT2D eigenvalue weighted by atomic mass is 16.6. The Morgan fingerprint density at radius 3 is 0.812 bits per heavy atom. The van der Waals surface area contributed by atoms with Crippen molar-refractivity contribution in [2.75, 3.05) is 112 Å². The van der Waals surface area contributed by atoms with E-state index >= 15 is 0 Å². The maximum absolute atomic E-state index is 9.90. The second-order valence-electron chi connectivity index (χ2n) is 13.6. The van der Waals surface area contributed by atoms with Crippen LogP contribution in [0.1, 0.15) is 79.6 Å². The lowest BCUT2D eigenvalue weighted by atomic mass is 9.84. The van der Waals surface area contributed by atoms with Gasteiger partial charge in [0.1, 0.15) is 12.2 Å². The Morgan fingerprint density at radius 1 is 0.375 bits per heavy atom. The van der Waals surface area contributed by atoms with Crippen molar-refractivity contribution in [1.29, 1.82) is 0 Å². The van der Waals surface area contributed by atoms with Gasteiger partial charge in [-0.2, -0.15) is 0 Å². The van der Waals surface area contributed by atoms with E-state index in [9.17, 15) is 35.7 Å². The summed E-state index contributed by atoms with van der Waals surface area (Å²) in [5.74, 6) is 0. The topological polar surface area (TPSA) is 197 Å².